The molecule has 4 rings (SSSR count). The molecule has 0 fully saturated rings. The van der Waals surface area contributed by atoms with Crippen molar-refractivity contribution in [3.8, 4) is 16.9 Å². The fraction of sp³-hybridized carbons (Fsp3) is 0.286. The van der Waals surface area contributed by atoms with Gasteiger partial charge in [0.1, 0.15) is 16.3 Å². The number of thiophene rings is 1. The van der Waals surface area contributed by atoms with Crippen LogP contribution in [-0.2, 0) is 22.4 Å². The summed E-state index contributed by atoms with van der Waals surface area (Å²) in [6, 6.07) is 14.0. The molecule has 1 N–H and O–H groups in total. The molecule has 1 heterocycles. The zero-order valence-electron chi connectivity index (χ0n) is 19.6. The average molecular weight is 476 g/mol. The van der Waals surface area contributed by atoms with E-state index in [-0.39, 0.29) is 5.91 Å². The monoisotopic (exact) mass is 475 g/mol. The minimum atomic E-state index is -0.466. The number of methoxy groups -OCH3 is 1. The van der Waals surface area contributed by atoms with Gasteiger partial charge in [-0.05, 0) is 60.9 Å². The molecule has 6 heteroatoms. The number of esters is 1. The van der Waals surface area contributed by atoms with E-state index >= 15 is 0 Å². The van der Waals surface area contributed by atoms with Crippen molar-refractivity contribution in [2.45, 2.75) is 39.0 Å². The number of aryl methyl sites for hydroxylation is 2. The molecule has 34 heavy (non-hydrogen) atoms. The molecule has 1 aliphatic carbocycles. The summed E-state index contributed by atoms with van der Waals surface area (Å²) < 4.78 is 10.8. The number of anilines is 1. The Kier molecular flexibility index (Phi) is 7.80. The molecule has 176 valence electrons. The van der Waals surface area contributed by atoms with Crippen LogP contribution < -0.4 is 10.1 Å². The van der Waals surface area contributed by atoms with Crippen LogP contribution in [0.2, 0.25) is 0 Å². The Hall–Kier alpha value is -3.38. The number of nitrogens with one attached hydrogen (secondary N) is 1. The Balaban J connectivity index is 1.57. The first-order chi connectivity index (χ1) is 16.6. The van der Waals surface area contributed by atoms with Crippen molar-refractivity contribution in [2.75, 3.05) is 19.0 Å². The number of benzene rings is 2. The highest BCUT2D eigenvalue weighted by molar-refractivity contribution is 7.15. The summed E-state index contributed by atoms with van der Waals surface area (Å²) in [6.45, 7) is 2.66. The summed E-state index contributed by atoms with van der Waals surface area (Å²) in [5.74, 6) is -0.0599. The lowest BCUT2D eigenvalue weighted by atomic mass is 9.89. The first-order valence-corrected chi connectivity index (χ1v) is 12.5. The van der Waals surface area contributed by atoms with Crippen molar-refractivity contribution in [1.82, 2.24) is 0 Å². The number of rotatable bonds is 8. The first kappa shape index (κ1) is 23.8. The maximum absolute atomic E-state index is 12.7. The van der Waals surface area contributed by atoms with Crippen LogP contribution in [-0.4, -0.2) is 25.6 Å². The molecule has 0 saturated heterocycles. The van der Waals surface area contributed by atoms with Gasteiger partial charge in [-0.1, -0.05) is 43.3 Å². The predicted octanol–water partition coefficient (Wildman–Crippen LogP) is 6.52. The van der Waals surface area contributed by atoms with Gasteiger partial charge in [-0.2, -0.15) is 0 Å². The van der Waals surface area contributed by atoms with Gasteiger partial charge in [-0.25, -0.2) is 4.79 Å². The summed E-state index contributed by atoms with van der Waals surface area (Å²) in [5.41, 5.74) is 5.67. The SMILES string of the molecule is CCCOc1ccccc1/C=C/C(=O)Nc1scc(-c2ccc3c(c2)CCCC3)c1C(=O)OC. The van der Waals surface area contributed by atoms with Gasteiger partial charge in [0, 0.05) is 22.6 Å². The number of amides is 1. The number of fused-ring (bicyclic) bond motifs is 1. The fourth-order valence-electron chi connectivity index (χ4n) is 4.15. The zero-order valence-corrected chi connectivity index (χ0v) is 20.4. The van der Waals surface area contributed by atoms with Crippen LogP contribution in [0.3, 0.4) is 0 Å². The third-order valence-electron chi connectivity index (χ3n) is 5.87. The second-order valence-electron chi connectivity index (χ2n) is 8.24. The Morgan fingerprint density at radius 2 is 1.88 bits per heavy atom. The molecule has 0 spiro atoms. The first-order valence-electron chi connectivity index (χ1n) is 11.6. The zero-order chi connectivity index (χ0) is 23.9. The molecule has 1 amide bonds. The van der Waals surface area contributed by atoms with E-state index in [0.29, 0.717) is 17.2 Å². The van der Waals surface area contributed by atoms with Crippen molar-refractivity contribution in [3.05, 3.63) is 76.2 Å². The quantitative estimate of drug-likeness (QED) is 0.297. The number of para-hydroxylation sites is 1. The molecule has 3 aromatic rings. The van der Waals surface area contributed by atoms with Crippen LogP contribution in [0.25, 0.3) is 17.2 Å². The predicted molar refractivity (Wildman–Crippen MR) is 138 cm³/mol. The molecule has 0 atom stereocenters. The molecule has 1 aliphatic rings. The topological polar surface area (TPSA) is 64.6 Å². The lowest BCUT2D eigenvalue weighted by Gasteiger charge is -2.16. The van der Waals surface area contributed by atoms with Gasteiger partial charge in [-0.3, -0.25) is 4.79 Å². The number of hydrogen-bond donors (Lipinski definition) is 1. The fourth-order valence-corrected chi connectivity index (χ4v) is 5.11. The van der Waals surface area contributed by atoms with E-state index < -0.39 is 5.97 Å². The van der Waals surface area contributed by atoms with Crippen LogP contribution in [0.5, 0.6) is 5.75 Å². The van der Waals surface area contributed by atoms with Crippen LogP contribution >= 0.6 is 11.3 Å². The van der Waals surface area contributed by atoms with Crippen molar-refractivity contribution in [1.29, 1.82) is 0 Å². The summed E-state index contributed by atoms with van der Waals surface area (Å²) in [5, 5.41) is 5.25. The van der Waals surface area contributed by atoms with Gasteiger partial charge in [0.25, 0.3) is 0 Å². The van der Waals surface area contributed by atoms with E-state index in [4.69, 9.17) is 9.47 Å². The molecule has 0 saturated carbocycles. The largest absolute Gasteiger partial charge is 0.493 e. The lowest BCUT2D eigenvalue weighted by Crippen LogP contribution is -2.11. The van der Waals surface area contributed by atoms with E-state index in [1.54, 1.807) is 6.08 Å². The number of hydrogen-bond acceptors (Lipinski definition) is 5. The van der Waals surface area contributed by atoms with Gasteiger partial charge in [0.15, 0.2) is 0 Å². The highest BCUT2D eigenvalue weighted by atomic mass is 32.1. The molecule has 0 unspecified atom stereocenters. The molecule has 0 aliphatic heterocycles. The number of ether oxygens (including phenoxy) is 2. The van der Waals surface area contributed by atoms with Crippen LogP contribution in [0.15, 0.2) is 53.9 Å². The standard InChI is InChI=1S/C28H29NO4S/c1-3-16-33-24-11-7-6-9-20(24)14-15-25(30)29-27-26(28(31)32-2)23(18-34-27)22-13-12-19-8-4-5-10-21(19)17-22/h6-7,9,11-15,17-18H,3-5,8,10,16H2,1-2H3,(H,29,30)/b15-14+. The lowest BCUT2D eigenvalue weighted by molar-refractivity contribution is -0.111. The van der Waals surface area contributed by atoms with Crippen LogP contribution in [0.4, 0.5) is 5.00 Å². The molecule has 2 aromatic carbocycles. The van der Waals surface area contributed by atoms with Gasteiger partial charge >= 0.3 is 5.97 Å². The second kappa shape index (κ2) is 11.2. The average Bonchev–Trinajstić information content (AvgIpc) is 3.29. The highest BCUT2D eigenvalue weighted by Crippen LogP contribution is 2.37. The van der Waals surface area contributed by atoms with Crippen LogP contribution in [0.1, 0.15) is 53.2 Å². The number of carbonyl (C=O) groups is 2. The third-order valence-corrected chi connectivity index (χ3v) is 6.77. The van der Waals surface area contributed by atoms with Gasteiger partial charge in [0.2, 0.25) is 5.91 Å². The Morgan fingerprint density at radius 3 is 2.68 bits per heavy atom. The highest BCUT2D eigenvalue weighted by Gasteiger charge is 2.23. The maximum Gasteiger partial charge on any atom is 0.341 e. The minimum absolute atomic E-state index is 0.325. The summed E-state index contributed by atoms with van der Waals surface area (Å²) >= 11 is 1.32. The normalized spacial score (nSPS) is 12.9. The molecular weight excluding hydrogens is 446 g/mol. The number of carbonyl (C=O) groups excluding carboxylic acids is 2. The van der Waals surface area contributed by atoms with Crippen molar-refractivity contribution in [3.63, 3.8) is 0 Å². The molecular formula is C28H29NO4S. The maximum atomic E-state index is 12.7. The minimum Gasteiger partial charge on any atom is -0.493 e. The van der Waals surface area contributed by atoms with Crippen molar-refractivity contribution in [2.24, 2.45) is 0 Å². The summed E-state index contributed by atoms with van der Waals surface area (Å²) in [6.07, 6.45) is 8.63. The molecule has 5 nitrogen and oxygen atoms in total. The van der Waals surface area contributed by atoms with Crippen LogP contribution in [0, 0.1) is 0 Å². The van der Waals surface area contributed by atoms with Gasteiger partial charge < -0.3 is 14.8 Å². The van der Waals surface area contributed by atoms with E-state index in [9.17, 15) is 9.59 Å². The van der Waals surface area contributed by atoms with Gasteiger partial charge in [0.05, 0.1) is 13.7 Å². The van der Waals surface area contributed by atoms with Crippen molar-refractivity contribution >= 4 is 34.3 Å². The molecule has 1 aromatic heterocycles. The Labute approximate surface area is 204 Å². The molecule has 0 bridgehead atoms. The van der Waals surface area contributed by atoms with E-state index in [1.165, 1.54) is 48.5 Å². The van der Waals surface area contributed by atoms with E-state index in [0.717, 1.165) is 41.7 Å². The van der Waals surface area contributed by atoms with E-state index in [2.05, 4.69) is 23.5 Å². The Bertz CT molecular complexity index is 1210. The van der Waals surface area contributed by atoms with Gasteiger partial charge in [-0.15, -0.1) is 11.3 Å². The third kappa shape index (κ3) is 5.39. The summed E-state index contributed by atoms with van der Waals surface area (Å²) in [7, 11) is 1.36. The smallest absolute Gasteiger partial charge is 0.341 e. The van der Waals surface area contributed by atoms with Crippen molar-refractivity contribution < 1.29 is 19.1 Å². The summed E-state index contributed by atoms with van der Waals surface area (Å²) in [4.78, 5) is 25.4. The Morgan fingerprint density at radius 1 is 1.09 bits per heavy atom. The second-order valence-corrected chi connectivity index (χ2v) is 9.12. The van der Waals surface area contributed by atoms with E-state index in [1.807, 2.05) is 36.6 Å². The molecule has 0 radical (unpaired) electrons.